The van der Waals surface area contributed by atoms with Gasteiger partial charge in [0.1, 0.15) is 0 Å². The summed E-state index contributed by atoms with van der Waals surface area (Å²) in [7, 11) is 0. The normalized spacial score (nSPS) is 13.1. The fraction of sp³-hybridized carbons (Fsp3) is 0.526. The molecule has 0 saturated carbocycles. The van der Waals surface area contributed by atoms with Crippen LogP contribution < -0.4 is 5.73 Å². The zero-order valence-corrected chi connectivity index (χ0v) is 13.5. The van der Waals surface area contributed by atoms with Crippen molar-refractivity contribution in [2.45, 2.75) is 64.7 Å². The molecule has 116 valence electrons. The van der Waals surface area contributed by atoms with E-state index in [1.54, 1.807) is 0 Å². The van der Waals surface area contributed by atoms with Crippen LogP contribution in [-0.4, -0.2) is 5.91 Å². The van der Waals surface area contributed by atoms with Crippen LogP contribution in [0.2, 0.25) is 0 Å². The van der Waals surface area contributed by atoms with Crippen LogP contribution in [-0.2, 0) is 4.79 Å². The molecule has 1 unspecified atom stereocenters. The van der Waals surface area contributed by atoms with Crippen molar-refractivity contribution >= 4 is 5.91 Å². The van der Waals surface area contributed by atoms with Gasteiger partial charge in [-0.2, -0.15) is 0 Å². The summed E-state index contributed by atoms with van der Waals surface area (Å²) < 4.78 is 0. The maximum absolute atomic E-state index is 11.7. The molecule has 0 radical (unpaired) electrons. The Morgan fingerprint density at radius 3 is 2.38 bits per heavy atom. The van der Waals surface area contributed by atoms with Gasteiger partial charge in [-0.3, -0.25) is 4.79 Å². The van der Waals surface area contributed by atoms with Gasteiger partial charge in [0.2, 0.25) is 5.91 Å². The molecule has 1 rings (SSSR count). The highest BCUT2D eigenvalue weighted by molar-refractivity contribution is 5.92. The van der Waals surface area contributed by atoms with Crippen LogP contribution in [0.15, 0.2) is 42.0 Å². The largest absolute Gasteiger partial charge is 0.366 e. The molecule has 0 aliphatic rings. The summed E-state index contributed by atoms with van der Waals surface area (Å²) in [6.07, 6.45) is 9.48. The van der Waals surface area contributed by atoms with Crippen LogP contribution in [0, 0.1) is 0 Å². The highest BCUT2D eigenvalue weighted by Crippen LogP contribution is 2.29. The van der Waals surface area contributed by atoms with E-state index in [0.29, 0.717) is 5.92 Å². The lowest BCUT2D eigenvalue weighted by molar-refractivity contribution is -0.114. The van der Waals surface area contributed by atoms with Crippen LogP contribution in [0.1, 0.15) is 70.3 Å². The van der Waals surface area contributed by atoms with Gasteiger partial charge < -0.3 is 5.73 Å². The van der Waals surface area contributed by atoms with E-state index < -0.39 is 0 Å². The molecule has 0 heterocycles. The molecule has 1 aromatic rings. The molecule has 1 aromatic carbocycles. The number of amides is 1. The van der Waals surface area contributed by atoms with Crippen LogP contribution in [0.3, 0.4) is 0 Å². The quantitative estimate of drug-likeness (QED) is 0.480. The number of rotatable bonds is 10. The zero-order valence-electron chi connectivity index (χ0n) is 13.5. The minimum Gasteiger partial charge on any atom is -0.366 e. The summed E-state index contributed by atoms with van der Waals surface area (Å²) in [5.41, 5.74) is 7.68. The SMILES string of the molecule is CCCC/C=C(/CC(CCCC)c1ccccc1)C(N)=O. The van der Waals surface area contributed by atoms with Gasteiger partial charge in [0.15, 0.2) is 0 Å². The van der Waals surface area contributed by atoms with Gasteiger partial charge in [0.05, 0.1) is 0 Å². The standard InChI is InChI=1S/C19H29NO/c1-3-5-8-14-18(19(20)21)15-17(11-6-4-2)16-12-9-7-10-13-16/h7,9-10,12-14,17H,3-6,8,11,15H2,1-2H3,(H2,20,21)/b18-14-. The molecule has 0 aromatic heterocycles. The highest BCUT2D eigenvalue weighted by atomic mass is 16.1. The number of carbonyl (C=O) groups excluding carboxylic acids is 1. The molecule has 2 N–H and O–H groups in total. The van der Waals surface area contributed by atoms with Crippen LogP contribution in [0.5, 0.6) is 0 Å². The molecule has 21 heavy (non-hydrogen) atoms. The third kappa shape index (κ3) is 6.61. The molecule has 0 saturated heterocycles. The second kappa shape index (κ2) is 10.2. The van der Waals surface area contributed by atoms with Crippen LogP contribution in [0.25, 0.3) is 0 Å². The fourth-order valence-electron chi connectivity index (χ4n) is 2.59. The molecule has 0 aliphatic carbocycles. The van der Waals surface area contributed by atoms with Gasteiger partial charge in [-0.25, -0.2) is 0 Å². The number of primary amides is 1. The maximum atomic E-state index is 11.7. The molecule has 0 bridgehead atoms. The summed E-state index contributed by atoms with van der Waals surface area (Å²) in [5, 5.41) is 0. The van der Waals surface area contributed by atoms with E-state index in [0.717, 1.165) is 37.7 Å². The van der Waals surface area contributed by atoms with E-state index in [2.05, 4.69) is 38.1 Å². The lowest BCUT2D eigenvalue weighted by atomic mass is 9.87. The van der Waals surface area contributed by atoms with E-state index in [4.69, 9.17) is 5.73 Å². The summed E-state index contributed by atoms with van der Waals surface area (Å²) in [6, 6.07) is 10.5. The van der Waals surface area contributed by atoms with Crippen molar-refractivity contribution in [2.75, 3.05) is 0 Å². The first-order valence-corrected chi connectivity index (χ1v) is 8.22. The molecule has 2 heteroatoms. The van der Waals surface area contributed by atoms with Crippen molar-refractivity contribution in [3.63, 3.8) is 0 Å². The minimum absolute atomic E-state index is 0.261. The predicted octanol–water partition coefficient (Wildman–Crippen LogP) is 4.95. The Kier molecular flexibility index (Phi) is 8.49. The molecule has 0 spiro atoms. The van der Waals surface area contributed by atoms with Gasteiger partial charge in [-0.15, -0.1) is 0 Å². The van der Waals surface area contributed by atoms with Crippen molar-refractivity contribution in [3.8, 4) is 0 Å². The van der Waals surface area contributed by atoms with Gasteiger partial charge in [-0.05, 0) is 30.7 Å². The number of allylic oxidation sites excluding steroid dienone is 1. The Hall–Kier alpha value is -1.57. The van der Waals surface area contributed by atoms with E-state index in [9.17, 15) is 4.79 Å². The fourth-order valence-corrected chi connectivity index (χ4v) is 2.59. The van der Waals surface area contributed by atoms with Crippen LogP contribution >= 0.6 is 0 Å². The van der Waals surface area contributed by atoms with Crippen molar-refractivity contribution < 1.29 is 4.79 Å². The minimum atomic E-state index is -0.261. The number of hydrogen-bond donors (Lipinski definition) is 1. The topological polar surface area (TPSA) is 43.1 Å². The third-order valence-corrected chi connectivity index (χ3v) is 3.91. The summed E-state index contributed by atoms with van der Waals surface area (Å²) >= 11 is 0. The molecule has 0 fully saturated rings. The van der Waals surface area contributed by atoms with E-state index >= 15 is 0 Å². The second-order valence-electron chi connectivity index (χ2n) is 5.69. The summed E-state index contributed by atoms with van der Waals surface area (Å²) in [4.78, 5) is 11.7. The lowest BCUT2D eigenvalue weighted by Gasteiger charge is -2.18. The van der Waals surface area contributed by atoms with E-state index in [1.807, 2.05) is 12.1 Å². The first-order chi connectivity index (χ1) is 10.2. The molecular weight excluding hydrogens is 258 g/mol. The monoisotopic (exact) mass is 287 g/mol. The Bertz CT molecular complexity index is 436. The second-order valence-corrected chi connectivity index (χ2v) is 5.69. The Balaban J connectivity index is 2.82. The number of benzene rings is 1. The molecule has 1 atom stereocenters. The van der Waals surface area contributed by atoms with E-state index in [-0.39, 0.29) is 5.91 Å². The molecule has 2 nitrogen and oxygen atoms in total. The van der Waals surface area contributed by atoms with Crippen molar-refractivity contribution in [3.05, 3.63) is 47.5 Å². The molecular formula is C19H29NO. The van der Waals surface area contributed by atoms with Gasteiger partial charge >= 0.3 is 0 Å². The average Bonchev–Trinajstić information content (AvgIpc) is 2.50. The smallest absolute Gasteiger partial charge is 0.244 e. The lowest BCUT2D eigenvalue weighted by Crippen LogP contribution is -2.16. The average molecular weight is 287 g/mol. The number of unbranched alkanes of at least 4 members (excludes halogenated alkanes) is 3. The van der Waals surface area contributed by atoms with Crippen LogP contribution in [0.4, 0.5) is 0 Å². The predicted molar refractivity (Wildman–Crippen MR) is 90.1 cm³/mol. The van der Waals surface area contributed by atoms with Crippen molar-refractivity contribution in [2.24, 2.45) is 5.73 Å². The Morgan fingerprint density at radius 1 is 1.14 bits per heavy atom. The third-order valence-electron chi connectivity index (χ3n) is 3.91. The van der Waals surface area contributed by atoms with Crippen molar-refractivity contribution in [1.82, 2.24) is 0 Å². The molecule has 0 aliphatic heterocycles. The highest BCUT2D eigenvalue weighted by Gasteiger charge is 2.16. The van der Waals surface area contributed by atoms with Gasteiger partial charge in [-0.1, -0.05) is 75.9 Å². The number of nitrogens with two attached hydrogens (primary N) is 1. The van der Waals surface area contributed by atoms with Gasteiger partial charge in [0, 0.05) is 5.57 Å². The Labute approximate surface area is 129 Å². The van der Waals surface area contributed by atoms with Gasteiger partial charge in [0.25, 0.3) is 0 Å². The first kappa shape index (κ1) is 17.5. The number of carbonyl (C=O) groups is 1. The van der Waals surface area contributed by atoms with E-state index in [1.165, 1.54) is 18.4 Å². The number of hydrogen-bond acceptors (Lipinski definition) is 1. The summed E-state index contributed by atoms with van der Waals surface area (Å²) in [5.74, 6) is 0.134. The zero-order chi connectivity index (χ0) is 15.5. The Morgan fingerprint density at radius 2 is 1.81 bits per heavy atom. The summed E-state index contributed by atoms with van der Waals surface area (Å²) in [6.45, 7) is 4.36. The first-order valence-electron chi connectivity index (χ1n) is 8.22. The van der Waals surface area contributed by atoms with Crippen molar-refractivity contribution in [1.29, 1.82) is 0 Å². The maximum Gasteiger partial charge on any atom is 0.244 e. The molecule has 1 amide bonds.